The lowest BCUT2D eigenvalue weighted by Gasteiger charge is -2.19. The second kappa shape index (κ2) is 6.76. The molecule has 1 heteroatoms. The van der Waals surface area contributed by atoms with Crippen LogP contribution < -0.4 is 5.32 Å². The van der Waals surface area contributed by atoms with Crippen LogP contribution in [0, 0.1) is 11.8 Å². The topological polar surface area (TPSA) is 12.0 Å². The zero-order valence-corrected chi connectivity index (χ0v) is 9.27. The van der Waals surface area contributed by atoms with E-state index in [-0.39, 0.29) is 0 Å². The van der Waals surface area contributed by atoms with Crippen molar-refractivity contribution in [2.24, 2.45) is 11.8 Å². The summed E-state index contributed by atoms with van der Waals surface area (Å²) in [5.74, 6) is 1.49. The van der Waals surface area contributed by atoms with Crippen LogP contribution in [0.25, 0.3) is 0 Å². The van der Waals surface area contributed by atoms with Gasteiger partial charge in [-0.25, -0.2) is 0 Å². The molecule has 0 radical (unpaired) electrons. The highest BCUT2D eigenvalue weighted by atomic mass is 14.9. The first kappa shape index (κ1) is 12.3. The van der Waals surface area contributed by atoms with Crippen LogP contribution in [0.3, 0.4) is 0 Å². The van der Waals surface area contributed by atoms with E-state index < -0.39 is 0 Å². The Morgan fingerprint density at radius 1 is 1.46 bits per heavy atom. The molecule has 0 aliphatic heterocycles. The lowest BCUT2D eigenvalue weighted by atomic mass is 9.89. The van der Waals surface area contributed by atoms with Gasteiger partial charge in [-0.2, -0.15) is 0 Å². The summed E-state index contributed by atoms with van der Waals surface area (Å²) in [6, 6.07) is 0. The monoisotopic (exact) mass is 181 g/mol. The quantitative estimate of drug-likeness (QED) is 0.594. The van der Waals surface area contributed by atoms with E-state index in [9.17, 15) is 0 Å². The Balaban J connectivity index is 3.68. The summed E-state index contributed by atoms with van der Waals surface area (Å²) in [7, 11) is 0. The molecule has 0 aromatic carbocycles. The lowest BCUT2D eigenvalue weighted by Crippen LogP contribution is -2.18. The summed E-state index contributed by atoms with van der Waals surface area (Å²) < 4.78 is 0. The van der Waals surface area contributed by atoms with Gasteiger partial charge < -0.3 is 5.32 Å². The maximum absolute atomic E-state index is 3.81. The molecule has 13 heavy (non-hydrogen) atoms. The first-order valence-corrected chi connectivity index (χ1v) is 5.08. The summed E-state index contributed by atoms with van der Waals surface area (Å²) in [5.41, 5.74) is 1.06. The maximum Gasteiger partial charge on any atom is 0.0146 e. The number of nitrogens with one attached hydrogen (secondary N) is 1. The number of hydrogen-bond acceptors (Lipinski definition) is 1. The van der Waals surface area contributed by atoms with Gasteiger partial charge in [0.2, 0.25) is 0 Å². The fraction of sp³-hybridized carbons (Fsp3) is 0.667. The standard InChI is InChI=1S/C12H23N/c1-6-7-12(10(2)3)8-9-13-11(4)5/h6,10,12-13H,1,4,7-9H2,2-3,5H3/t12-/m0/s1. The van der Waals surface area contributed by atoms with Crippen LogP contribution in [0.15, 0.2) is 24.9 Å². The fourth-order valence-corrected chi connectivity index (χ4v) is 1.41. The molecule has 0 saturated heterocycles. The summed E-state index contributed by atoms with van der Waals surface area (Å²) in [6.45, 7) is 15.2. The molecule has 0 aromatic heterocycles. The zero-order chi connectivity index (χ0) is 10.3. The van der Waals surface area contributed by atoms with Crippen molar-refractivity contribution in [1.82, 2.24) is 5.32 Å². The van der Waals surface area contributed by atoms with Crippen molar-refractivity contribution in [3.63, 3.8) is 0 Å². The van der Waals surface area contributed by atoms with Gasteiger partial charge in [0.15, 0.2) is 0 Å². The molecule has 0 aliphatic rings. The zero-order valence-electron chi connectivity index (χ0n) is 9.27. The van der Waals surface area contributed by atoms with Crippen LogP contribution in [-0.2, 0) is 0 Å². The van der Waals surface area contributed by atoms with Gasteiger partial charge in [0.25, 0.3) is 0 Å². The third kappa shape index (κ3) is 6.44. The van der Waals surface area contributed by atoms with Gasteiger partial charge in [-0.05, 0) is 31.6 Å². The average molecular weight is 181 g/mol. The van der Waals surface area contributed by atoms with Gasteiger partial charge >= 0.3 is 0 Å². The van der Waals surface area contributed by atoms with Crippen LogP contribution in [0.2, 0.25) is 0 Å². The van der Waals surface area contributed by atoms with Gasteiger partial charge in [-0.3, -0.25) is 0 Å². The van der Waals surface area contributed by atoms with E-state index in [1.54, 1.807) is 0 Å². The highest BCUT2D eigenvalue weighted by Crippen LogP contribution is 2.18. The van der Waals surface area contributed by atoms with E-state index in [0.717, 1.165) is 30.5 Å². The second-order valence-corrected chi connectivity index (χ2v) is 4.02. The fourth-order valence-electron chi connectivity index (χ4n) is 1.41. The normalized spacial score (nSPS) is 12.6. The Morgan fingerprint density at radius 2 is 2.08 bits per heavy atom. The summed E-state index contributed by atoms with van der Waals surface area (Å²) in [4.78, 5) is 0. The van der Waals surface area contributed by atoms with Crippen LogP contribution in [0.4, 0.5) is 0 Å². The van der Waals surface area contributed by atoms with Crippen molar-refractivity contribution in [2.45, 2.75) is 33.6 Å². The molecule has 0 heterocycles. The predicted molar refractivity (Wildman–Crippen MR) is 60.6 cm³/mol. The molecule has 1 N–H and O–H groups in total. The van der Waals surface area contributed by atoms with E-state index in [1.807, 2.05) is 13.0 Å². The molecular weight excluding hydrogens is 158 g/mol. The smallest absolute Gasteiger partial charge is 0.0146 e. The van der Waals surface area contributed by atoms with Crippen LogP contribution >= 0.6 is 0 Å². The van der Waals surface area contributed by atoms with Gasteiger partial charge in [-0.15, -0.1) is 6.58 Å². The number of allylic oxidation sites excluding steroid dienone is 2. The molecule has 0 amide bonds. The Bertz CT molecular complexity index is 159. The van der Waals surface area contributed by atoms with E-state index in [0.29, 0.717) is 0 Å². The molecular formula is C12H23N. The van der Waals surface area contributed by atoms with Crippen molar-refractivity contribution in [3.05, 3.63) is 24.9 Å². The third-order valence-electron chi connectivity index (χ3n) is 2.35. The molecule has 76 valence electrons. The minimum absolute atomic E-state index is 0.741. The van der Waals surface area contributed by atoms with Crippen LogP contribution in [0.5, 0.6) is 0 Å². The van der Waals surface area contributed by atoms with Gasteiger partial charge in [0.05, 0.1) is 0 Å². The Kier molecular flexibility index (Phi) is 6.38. The van der Waals surface area contributed by atoms with Gasteiger partial charge in [-0.1, -0.05) is 26.5 Å². The van der Waals surface area contributed by atoms with Crippen molar-refractivity contribution in [3.8, 4) is 0 Å². The molecule has 0 fully saturated rings. The highest BCUT2D eigenvalue weighted by molar-refractivity contribution is 4.85. The summed E-state index contributed by atoms with van der Waals surface area (Å²) in [6.07, 6.45) is 4.34. The largest absolute Gasteiger partial charge is 0.389 e. The minimum atomic E-state index is 0.741. The van der Waals surface area contributed by atoms with E-state index in [2.05, 4.69) is 32.3 Å². The predicted octanol–water partition coefficient (Wildman–Crippen LogP) is 3.35. The van der Waals surface area contributed by atoms with E-state index in [4.69, 9.17) is 0 Å². The number of rotatable bonds is 7. The Hall–Kier alpha value is -0.720. The first-order chi connectivity index (χ1) is 6.07. The summed E-state index contributed by atoms with van der Waals surface area (Å²) in [5, 5.41) is 3.26. The van der Waals surface area contributed by atoms with Crippen molar-refractivity contribution >= 4 is 0 Å². The van der Waals surface area contributed by atoms with E-state index in [1.165, 1.54) is 6.42 Å². The van der Waals surface area contributed by atoms with Gasteiger partial charge in [0.1, 0.15) is 0 Å². The average Bonchev–Trinajstić information content (AvgIpc) is 2.02. The third-order valence-corrected chi connectivity index (χ3v) is 2.35. The molecule has 0 aromatic rings. The SMILES string of the molecule is C=CC[C@@H](CCNC(=C)C)C(C)C. The minimum Gasteiger partial charge on any atom is -0.389 e. The number of hydrogen-bond donors (Lipinski definition) is 1. The maximum atomic E-state index is 3.81. The molecule has 0 aliphatic carbocycles. The molecule has 1 atom stereocenters. The Morgan fingerprint density at radius 3 is 2.46 bits per heavy atom. The van der Waals surface area contributed by atoms with Crippen molar-refractivity contribution in [1.29, 1.82) is 0 Å². The molecule has 0 spiro atoms. The van der Waals surface area contributed by atoms with Crippen molar-refractivity contribution < 1.29 is 0 Å². The van der Waals surface area contributed by atoms with Crippen molar-refractivity contribution in [2.75, 3.05) is 6.54 Å². The Labute approximate surface area is 82.9 Å². The van der Waals surface area contributed by atoms with E-state index >= 15 is 0 Å². The molecule has 0 saturated carbocycles. The molecule has 1 nitrogen and oxygen atoms in total. The van der Waals surface area contributed by atoms with Gasteiger partial charge in [0, 0.05) is 12.2 Å². The molecule has 0 rings (SSSR count). The second-order valence-electron chi connectivity index (χ2n) is 4.02. The molecule has 0 unspecified atom stereocenters. The summed E-state index contributed by atoms with van der Waals surface area (Å²) >= 11 is 0. The van der Waals surface area contributed by atoms with Crippen LogP contribution in [-0.4, -0.2) is 6.54 Å². The van der Waals surface area contributed by atoms with Crippen LogP contribution in [0.1, 0.15) is 33.6 Å². The lowest BCUT2D eigenvalue weighted by molar-refractivity contribution is 0.360. The molecule has 0 bridgehead atoms. The first-order valence-electron chi connectivity index (χ1n) is 5.08. The highest BCUT2D eigenvalue weighted by Gasteiger charge is 2.10.